The summed E-state index contributed by atoms with van der Waals surface area (Å²) >= 11 is -3.40. The third kappa shape index (κ3) is 2.97. The van der Waals surface area contributed by atoms with Crippen molar-refractivity contribution in [2.45, 2.75) is 17.2 Å². The third-order valence-electron chi connectivity index (χ3n) is 1.79. The predicted octanol–water partition coefficient (Wildman–Crippen LogP) is 2.96. The number of alkyl halides is 6. The van der Waals surface area contributed by atoms with Gasteiger partial charge in [0.1, 0.15) is 0 Å². The van der Waals surface area contributed by atoms with Crippen LogP contribution in [-0.2, 0) is 23.4 Å². The van der Waals surface area contributed by atoms with Gasteiger partial charge in [-0.05, 0) is 23.2 Å². The standard InChI is InChI=1S/C8H4F6O2S/c9-7(10,11)4-2-1-3-5(17(15)16)6(4)8(12,13)14/h1-3H,(H,15,16)/p-1. The molecular weight excluding hydrogens is 274 g/mol. The van der Waals surface area contributed by atoms with Crippen LogP contribution in [0, 0.1) is 0 Å². The molecule has 0 aliphatic carbocycles. The molecule has 0 amide bonds. The fourth-order valence-corrected chi connectivity index (χ4v) is 1.78. The van der Waals surface area contributed by atoms with E-state index in [4.69, 9.17) is 0 Å². The van der Waals surface area contributed by atoms with E-state index in [0.717, 1.165) is 0 Å². The number of benzene rings is 1. The molecule has 0 aliphatic heterocycles. The summed E-state index contributed by atoms with van der Waals surface area (Å²) in [7, 11) is 0. The van der Waals surface area contributed by atoms with Gasteiger partial charge in [-0.3, -0.25) is 4.21 Å². The molecule has 0 aromatic heterocycles. The van der Waals surface area contributed by atoms with E-state index in [9.17, 15) is 35.1 Å². The molecule has 9 heteroatoms. The van der Waals surface area contributed by atoms with Crippen LogP contribution in [0.3, 0.4) is 0 Å². The monoisotopic (exact) mass is 277 g/mol. The molecule has 1 aromatic rings. The Balaban J connectivity index is 3.64. The first-order valence-corrected chi connectivity index (χ1v) is 4.99. The summed E-state index contributed by atoms with van der Waals surface area (Å²) in [5.74, 6) is 0. The lowest BCUT2D eigenvalue weighted by atomic mass is 10.1. The molecule has 96 valence electrons. The Bertz CT molecular complexity index is 450. The van der Waals surface area contributed by atoms with Crippen LogP contribution in [0.15, 0.2) is 23.1 Å². The van der Waals surface area contributed by atoms with Crippen molar-refractivity contribution in [1.82, 2.24) is 0 Å². The highest BCUT2D eigenvalue weighted by Gasteiger charge is 2.44. The largest absolute Gasteiger partial charge is 0.768 e. The molecule has 0 saturated carbocycles. The van der Waals surface area contributed by atoms with E-state index < -0.39 is 39.5 Å². The molecule has 0 radical (unpaired) electrons. The SMILES string of the molecule is O=S([O-])c1cccc(C(F)(F)F)c1C(F)(F)F. The summed E-state index contributed by atoms with van der Waals surface area (Å²) in [5, 5.41) is 0. The summed E-state index contributed by atoms with van der Waals surface area (Å²) in [4.78, 5) is -1.42. The summed E-state index contributed by atoms with van der Waals surface area (Å²) in [6, 6.07) is 1.24. The number of halogens is 6. The van der Waals surface area contributed by atoms with Crippen LogP contribution >= 0.6 is 0 Å². The first-order valence-electron chi connectivity index (χ1n) is 3.92. The highest BCUT2D eigenvalue weighted by molar-refractivity contribution is 7.79. The first kappa shape index (κ1) is 14.0. The topological polar surface area (TPSA) is 40.1 Å². The predicted molar refractivity (Wildman–Crippen MR) is 43.6 cm³/mol. The lowest BCUT2D eigenvalue weighted by Crippen LogP contribution is -2.19. The fraction of sp³-hybridized carbons (Fsp3) is 0.250. The van der Waals surface area contributed by atoms with Gasteiger partial charge in [-0.2, -0.15) is 26.3 Å². The van der Waals surface area contributed by atoms with Crippen LogP contribution in [0.2, 0.25) is 0 Å². The Labute approximate surface area is 93.5 Å². The Hall–Kier alpha value is -1.09. The van der Waals surface area contributed by atoms with Crippen LogP contribution in [0.1, 0.15) is 11.1 Å². The van der Waals surface area contributed by atoms with Gasteiger partial charge in [0.05, 0.1) is 11.1 Å². The maximum atomic E-state index is 12.4. The van der Waals surface area contributed by atoms with Crippen LogP contribution in [-0.4, -0.2) is 8.76 Å². The summed E-state index contributed by atoms with van der Waals surface area (Å²) in [6.45, 7) is 0. The molecule has 0 bridgehead atoms. The fourth-order valence-electron chi connectivity index (χ4n) is 1.20. The molecule has 0 heterocycles. The lowest BCUT2D eigenvalue weighted by molar-refractivity contribution is -0.163. The van der Waals surface area contributed by atoms with Gasteiger partial charge in [0.25, 0.3) is 0 Å². The highest BCUT2D eigenvalue weighted by Crippen LogP contribution is 2.42. The number of hydrogen-bond acceptors (Lipinski definition) is 2. The minimum atomic E-state index is -5.40. The Morgan fingerprint density at radius 3 is 1.88 bits per heavy atom. The van der Waals surface area contributed by atoms with Gasteiger partial charge < -0.3 is 4.55 Å². The molecule has 17 heavy (non-hydrogen) atoms. The maximum Gasteiger partial charge on any atom is 0.418 e. The van der Waals surface area contributed by atoms with E-state index in [1.807, 2.05) is 0 Å². The average molecular weight is 277 g/mol. The molecule has 0 fully saturated rings. The van der Waals surface area contributed by atoms with Crippen LogP contribution in [0.25, 0.3) is 0 Å². The van der Waals surface area contributed by atoms with Crippen LogP contribution in [0.5, 0.6) is 0 Å². The number of hydrogen-bond donors (Lipinski definition) is 0. The van der Waals surface area contributed by atoms with E-state index in [0.29, 0.717) is 12.1 Å². The zero-order valence-corrected chi connectivity index (χ0v) is 8.54. The second-order valence-corrected chi connectivity index (χ2v) is 3.82. The van der Waals surface area contributed by atoms with Gasteiger partial charge in [0, 0.05) is 4.90 Å². The Morgan fingerprint density at radius 2 is 1.53 bits per heavy atom. The average Bonchev–Trinajstić information content (AvgIpc) is 2.13. The van der Waals surface area contributed by atoms with E-state index in [2.05, 4.69) is 0 Å². The van der Waals surface area contributed by atoms with Crippen molar-refractivity contribution in [2.75, 3.05) is 0 Å². The van der Waals surface area contributed by atoms with Crippen LogP contribution < -0.4 is 0 Å². The van der Waals surface area contributed by atoms with Crippen molar-refractivity contribution in [3.8, 4) is 0 Å². The molecule has 2 nitrogen and oxygen atoms in total. The van der Waals surface area contributed by atoms with Crippen molar-refractivity contribution >= 4 is 11.1 Å². The summed E-state index contributed by atoms with van der Waals surface area (Å²) < 4.78 is 95.2. The second kappa shape index (κ2) is 4.30. The van der Waals surface area contributed by atoms with Gasteiger partial charge >= 0.3 is 12.4 Å². The summed E-state index contributed by atoms with van der Waals surface area (Å²) in [6.07, 6.45) is -10.7. The van der Waals surface area contributed by atoms with E-state index in [1.165, 1.54) is 0 Å². The summed E-state index contributed by atoms with van der Waals surface area (Å²) in [5.41, 5.74) is -4.22. The van der Waals surface area contributed by atoms with Gasteiger partial charge in [-0.25, -0.2) is 0 Å². The molecule has 0 N–H and O–H groups in total. The number of rotatable bonds is 1. The Morgan fingerprint density at radius 1 is 1.00 bits per heavy atom. The van der Waals surface area contributed by atoms with Crippen molar-refractivity contribution in [3.63, 3.8) is 0 Å². The lowest BCUT2D eigenvalue weighted by Gasteiger charge is -2.19. The van der Waals surface area contributed by atoms with Gasteiger partial charge in [-0.1, -0.05) is 6.07 Å². The molecule has 1 aromatic carbocycles. The van der Waals surface area contributed by atoms with Crippen LogP contribution in [0.4, 0.5) is 26.3 Å². The molecule has 0 spiro atoms. The molecule has 0 aliphatic rings. The molecular formula is C8H3F6O2S-. The molecule has 1 rings (SSSR count). The molecule has 1 atom stereocenters. The second-order valence-electron chi connectivity index (χ2n) is 2.91. The zero-order chi connectivity index (χ0) is 13.4. The van der Waals surface area contributed by atoms with Crippen molar-refractivity contribution in [3.05, 3.63) is 29.3 Å². The van der Waals surface area contributed by atoms with Crippen molar-refractivity contribution in [1.29, 1.82) is 0 Å². The quantitative estimate of drug-likeness (QED) is 0.585. The smallest absolute Gasteiger partial charge is 0.418 e. The maximum absolute atomic E-state index is 12.4. The van der Waals surface area contributed by atoms with Gasteiger partial charge in [-0.15, -0.1) is 0 Å². The van der Waals surface area contributed by atoms with Crippen molar-refractivity contribution < 1.29 is 35.1 Å². The third-order valence-corrected chi connectivity index (χ3v) is 2.49. The Kier molecular flexibility index (Phi) is 3.53. The molecule has 1 unspecified atom stereocenters. The van der Waals surface area contributed by atoms with Crippen molar-refractivity contribution in [2.24, 2.45) is 0 Å². The molecule has 0 saturated heterocycles. The minimum Gasteiger partial charge on any atom is -0.768 e. The highest BCUT2D eigenvalue weighted by atomic mass is 32.2. The normalized spacial score (nSPS) is 14.8. The van der Waals surface area contributed by atoms with Gasteiger partial charge in [0.2, 0.25) is 0 Å². The minimum absolute atomic E-state index is 0.180. The van der Waals surface area contributed by atoms with E-state index >= 15 is 0 Å². The van der Waals surface area contributed by atoms with E-state index in [1.54, 1.807) is 0 Å². The van der Waals surface area contributed by atoms with Gasteiger partial charge in [0.15, 0.2) is 0 Å². The zero-order valence-electron chi connectivity index (χ0n) is 7.72. The first-order chi connectivity index (χ1) is 7.55. The van der Waals surface area contributed by atoms with E-state index in [-0.39, 0.29) is 6.07 Å².